The van der Waals surface area contributed by atoms with Crippen molar-refractivity contribution in [2.24, 2.45) is 7.05 Å². The van der Waals surface area contributed by atoms with Crippen LogP contribution in [0.25, 0.3) is 33.2 Å². The number of benzene rings is 2. The first-order valence-electron chi connectivity index (χ1n) is 7.92. The number of furan rings is 1. The zero-order valence-electron chi connectivity index (χ0n) is 13.9. The summed E-state index contributed by atoms with van der Waals surface area (Å²) < 4.78 is 8.19. The molecule has 0 spiro atoms. The Morgan fingerprint density at radius 2 is 1.79 bits per heavy atom. The van der Waals surface area contributed by atoms with E-state index >= 15 is 0 Å². The third kappa shape index (κ3) is 1.93. The zero-order valence-corrected chi connectivity index (χ0v) is 13.9. The van der Waals surface area contributed by atoms with Gasteiger partial charge in [0.05, 0.1) is 11.1 Å². The summed E-state index contributed by atoms with van der Waals surface area (Å²) >= 11 is 0. The molecule has 24 heavy (non-hydrogen) atoms. The van der Waals surface area contributed by atoms with Crippen LogP contribution in [0.4, 0.5) is 0 Å². The molecule has 0 amide bonds. The number of nitriles is 1. The van der Waals surface area contributed by atoms with Gasteiger partial charge < -0.3 is 4.42 Å². The van der Waals surface area contributed by atoms with Gasteiger partial charge in [-0.05, 0) is 37.1 Å². The molecule has 0 bridgehead atoms. The summed E-state index contributed by atoms with van der Waals surface area (Å²) in [5.41, 5.74) is 6.52. The highest BCUT2D eigenvalue weighted by Gasteiger charge is 2.21. The second-order valence-electron chi connectivity index (χ2n) is 6.18. The number of aryl methyl sites for hydroxylation is 3. The summed E-state index contributed by atoms with van der Waals surface area (Å²) in [6, 6.07) is 16.6. The normalized spacial score (nSPS) is 11.1. The van der Waals surface area contributed by atoms with Gasteiger partial charge in [-0.2, -0.15) is 5.26 Å². The minimum atomic E-state index is 0.615. The van der Waals surface area contributed by atoms with E-state index in [1.54, 1.807) is 0 Å². The lowest BCUT2D eigenvalue weighted by molar-refractivity contribution is -0.660. The molecule has 116 valence electrons. The predicted octanol–water partition coefficient (Wildman–Crippen LogP) is 4.57. The highest BCUT2D eigenvalue weighted by atomic mass is 16.3. The number of nitrogens with zero attached hydrogens (tertiary/aromatic N) is 2. The van der Waals surface area contributed by atoms with Crippen molar-refractivity contribution in [3.8, 4) is 17.3 Å². The van der Waals surface area contributed by atoms with Gasteiger partial charge in [-0.25, -0.2) is 4.57 Å². The fourth-order valence-corrected chi connectivity index (χ4v) is 3.39. The Kier molecular flexibility index (Phi) is 3.14. The van der Waals surface area contributed by atoms with Crippen LogP contribution in [0.15, 0.2) is 53.1 Å². The van der Waals surface area contributed by atoms with E-state index in [9.17, 15) is 5.26 Å². The van der Waals surface area contributed by atoms with Crippen molar-refractivity contribution >= 4 is 21.9 Å². The number of hydrogen-bond donors (Lipinski definition) is 0. The molecule has 0 saturated heterocycles. The molecule has 2 heterocycles. The Balaban J connectivity index is 2.23. The minimum absolute atomic E-state index is 0.615. The maximum Gasteiger partial charge on any atom is 0.213 e. The molecular weight excluding hydrogens is 296 g/mol. The first kappa shape index (κ1) is 14.5. The molecule has 4 rings (SSSR count). The van der Waals surface area contributed by atoms with Crippen LogP contribution in [0.1, 0.15) is 16.7 Å². The lowest BCUT2D eigenvalue weighted by atomic mass is 9.96. The molecule has 0 fully saturated rings. The molecule has 2 aromatic carbocycles. The summed E-state index contributed by atoms with van der Waals surface area (Å²) in [6.45, 7) is 4.05. The monoisotopic (exact) mass is 313 g/mol. The Hall–Kier alpha value is -3.12. The van der Waals surface area contributed by atoms with E-state index in [0.717, 1.165) is 33.2 Å². The number of rotatable bonds is 1. The van der Waals surface area contributed by atoms with Crippen LogP contribution in [-0.2, 0) is 7.05 Å². The largest absolute Gasteiger partial charge is 0.455 e. The van der Waals surface area contributed by atoms with Crippen molar-refractivity contribution in [1.82, 2.24) is 0 Å². The molecule has 0 unspecified atom stereocenters. The van der Waals surface area contributed by atoms with Crippen molar-refractivity contribution in [1.29, 1.82) is 5.26 Å². The van der Waals surface area contributed by atoms with Gasteiger partial charge in [0.15, 0.2) is 11.8 Å². The Labute approximate surface area is 140 Å². The van der Waals surface area contributed by atoms with Crippen LogP contribution < -0.4 is 4.57 Å². The van der Waals surface area contributed by atoms with Crippen LogP contribution in [0.3, 0.4) is 0 Å². The van der Waals surface area contributed by atoms with Gasteiger partial charge in [0.2, 0.25) is 5.69 Å². The average molecular weight is 313 g/mol. The molecule has 0 aliphatic carbocycles. The van der Waals surface area contributed by atoms with Gasteiger partial charge in [0, 0.05) is 22.9 Å². The zero-order chi connectivity index (χ0) is 16.8. The van der Waals surface area contributed by atoms with Gasteiger partial charge in [-0.15, -0.1) is 0 Å². The molecule has 2 aromatic heterocycles. The Bertz CT molecular complexity index is 1150. The highest BCUT2D eigenvalue weighted by molar-refractivity contribution is 6.13. The molecule has 0 atom stereocenters. The van der Waals surface area contributed by atoms with Gasteiger partial charge in [0.1, 0.15) is 18.7 Å². The third-order valence-electron chi connectivity index (χ3n) is 4.65. The van der Waals surface area contributed by atoms with E-state index in [2.05, 4.69) is 35.8 Å². The molecule has 4 aromatic rings. The van der Waals surface area contributed by atoms with E-state index in [-0.39, 0.29) is 0 Å². The first-order chi connectivity index (χ1) is 11.6. The van der Waals surface area contributed by atoms with Crippen LogP contribution in [-0.4, -0.2) is 0 Å². The molecular formula is C21H17N2O+. The topological polar surface area (TPSA) is 40.8 Å². The number of hydrogen-bond acceptors (Lipinski definition) is 2. The Morgan fingerprint density at radius 1 is 1.00 bits per heavy atom. The maximum absolute atomic E-state index is 9.51. The summed E-state index contributed by atoms with van der Waals surface area (Å²) in [4.78, 5) is 0. The summed E-state index contributed by atoms with van der Waals surface area (Å²) in [5.74, 6) is 0. The third-order valence-corrected chi connectivity index (χ3v) is 4.65. The second-order valence-corrected chi connectivity index (χ2v) is 6.18. The summed E-state index contributed by atoms with van der Waals surface area (Å²) in [7, 11) is 2.04. The van der Waals surface area contributed by atoms with Crippen molar-refractivity contribution in [3.05, 3.63) is 65.4 Å². The summed E-state index contributed by atoms with van der Waals surface area (Å²) in [6.07, 6.45) is 2.04. The Morgan fingerprint density at radius 3 is 2.54 bits per heavy atom. The van der Waals surface area contributed by atoms with E-state index in [1.807, 2.05) is 44.4 Å². The van der Waals surface area contributed by atoms with Crippen molar-refractivity contribution in [2.75, 3.05) is 0 Å². The van der Waals surface area contributed by atoms with Gasteiger partial charge in [-0.1, -0.05) is 18.2 Å². The van der Waals surface area contributed by atoms with Gasteiger partial charge >= 0.3 is 0 Å². The van der Waals surface area contributed by atoms with E-state index in [0.29, 0.717) is 11.1 Å². The quantitative estimate of drug-likeness (QED) is 0.483. The number of pyridine rings is 1. The molecule has 0 N–H and O–H groups in total. The molecule has 3 nitrogen and oxygen atoms in total. The van der Waals surface area contributed by atoms with Crippen LogP contribution in [0.2, 0.25) is 0 Å². The molecule has 0 saturated carbocycles. The number of fused-ring (bicyclic) bond motifs is 3. The van der Waals surface area contributed by atoms with Gasteiger partial charge in [-0.3, -0.25) is 0 Å². The van der Waals surface area contributed by atoms with Crippen LogP contribution in [0, 0.1) is 25.2 Å². The lowest BCUT2D eigenvalue weighted by Crippen LogP contribution is -2.30. The van der Waals surface area contributed by atoms with E-state index in [1.165, 1.54) is 5.56 Å². The SMILES string of the molecule is Cc1ccc2c(oc3ccc(C)c(-c4cccc[n+]4C)c32)c1C#N. The maximum atomic E-state index is 9.51. The van der Waals surface area contributed by atoms with Crippen LogP contribution in [0.5, 0.6) is 0 Å². The van der Waals surface area contributed by atoms with Crippen molar-refractivity contribution in [3.63, 3.8) is 0 Å². The highest BCUT2D eigenvalue weighted by Crippen LogP contribution is 2.39. The molecule has 0 aliphatic heterocycles. The number of aromatic nitrogens is 1. The fraction of sp³-hybridized carbons (Fsp3) is 0.143. The van der Waals surface area contributed by atoms with Crippen LogP contribution >= 0.6 is 0 Å². The first-order valence-corrected chi connectivity index (χ1v) is 7.92. The molecule has 3 heteroatoms. The predicted molar refractivity (Wildman–Crippen MR) is 94.5 cm³/mol. The molecule has 0 radical (unpaired) electrons. The summed E-state index contributed by atoms with van der Waals surface area (Å²) in [5, 5.41) is 11.6. The average Bonchev–Trinajstić information content (AvgIpc) is 2.94. The smallest absolute Gasteiger partial charge is 0.213 e. The van der Waals surface area contributed by atoms with E-state index in [4.69, 9.17) is 4.42 Å². The van der Waals surface area contributed by atoms with Crippen molar-refractivity contribution < 1.29 is 8.98 Å². The lowest BCUT2D eigenvalue weighted by Gasteiger charge is -2.06. The fourth-order valence-electron chi connectivity index (χ4n) is 3.39. The van der Waals surface area contributed by atoms with Gasteiger partial charge in [0.25, 0.3) is 0 Å². The minimum Gasteiger partial charge on any atom is -0.455 e. The molecule has 0 aliphatic rings. The second kappa shape index (κ2) is 5.21. The van der Waals surface area contributed by atoms with E-state index < -0.39 is 0 Å². The van der Waals surface area contributed by atoms with Crippen molar-refractivity contribution in [2.45, 2.75) is 13.8 Å². The standard InChI is InChI=1S/C21H17N2O/c1-13-7-9-15-20-18(24-21(15)16(13)12-22)10-8-14(2)19(20)17-6-4-5-11-23(17)3/h4-11H,1-3H3/q+1.